The summed E-state index contributed by atoms with van der Waals surface area (Å²) < 4.78 is 48.2. The lowest BCUT2D eigenvalue weighted by atomic mass is 10.2. The second-order valence-electron chi connectivity index (χ2n) is 5.66. The summed E-state index contributed by atoms with van der Waals surface area (Å²) in [5.74, 6) is 0.629. The Morgan fingerprint density at radius 1 is 1.12 bits per heavy atom. The van der Waals surface area contributed by atoms with Crippen LogP contribution in [-0.2, 0) is 16.6 Å². The standard InChI is InChI=1S/C18H17FN2O4S/c1-21(26(2,22)23)16-7-9-17(10-8-16)24-11-15-12-25-18(20-15)13-3-5-14(19)6-4-13/h3-10,12H,11H2,1-2H3. The van der Waals surface area contributed by atoms with Crippen LogP contribution in [0.25, 0.3) is 11.5 Å². The number of oxazole rings is 1. The number of rotatable bonds is 6. The van der Waals surface area contributed by atoms with Gasteiger partial charge in [-0.15, -0.1) is 0 Å². The number of hydrogen-bond acceptors (Lipinski definition) is 5. The van der Waals surface area contributed by atoms with E-state index in [0.29, 0.717) is 28.6 Å². The summed E-state index contributed by atoms with van der Waals surface area (Å²) >= 11 is 0. The maximum atomic E-state index is 13.0. The largest absolute Gasteiger partial charge is 0.487 e. The highest BCUT2D eigenvalue weighted by atomic mass is 32.2. The van der Waals surface area contributed by atoms with Crippen molar-refractivity contribution >= 4 is 15.7 Å². The van der Waals surface area contributed by atoms with E-state index in [1.54, 1.807) is 36.4 Å². The number of nitrogens with zero attached hydrogens (tertiary/aromatic N) is 2. The topological polar surface area (TPSA) is 72.6 Å². The maximum absolute atomic E-state index is 13.0. The van der Waals surface area contributed by atoms with Crippen molar-refractivity contribution in [2.45, 2.75) is 6.61 Å². The van der Waals surface area contributed by atoms with Gasteiger partial charge in [0.1, 0.15) is 30.1 Å². The molecular weight excluding hydrogens is 359 g/mol. The van der Waals surface area contributed by atoms with Crippen molar-refractivity contribution in [3.8, 4) is 17.2 Å². The monoisotopic (exact) mass is 376 g/mol. The second kappa shape index (κ2) is 7.17. The first kappa shape index (κ1) is 17.9. The highest BCUT2D eigenvalue weighted by Gasteiger charge is 2.12. The fraction of sp³-hybridized carbons (Fsp3) is 0.167. The minimum absolute atomic E-state index is 0.186. The van der Waals surface area contributed by atoms with Crippen molar-refractivity contribution in [2.75, 3.05) is 17.6 Å². The van der Waals surface area contributed by atoms with Gasteiger partial charge in [0.2, 0.25) is 15.9 Å². The van der Waals surface area contributed by atoms with Crippen LogP contribution in [0.15, 0.2) is 59.2 Å². The lowest BCUT2D eigenvalue weighted by Gasteiger charge is -2.16. The molecule has 1 aromatic heterocycles. The molecule has 0 aliphatic carbocycles. The Morgan fingerprint density at radius 3 is 2.38 bits per heavy atom. The molecule has 0 saturated carbocycles. The molecule has 0 radical (unpaired) electrons. The van der Waals surface area contributed by atoms with Crippen LogP contribution in [0, 0.1) is 5.82 Å². The SMILES string of the molecule is CN(c1ccc(OCc2coc(-c3ccc(F)cc3)n2)cc1)S(C)(=O)=O. The molecule has 3 aromatic rings. The second-order valence-corrected chi connectivity index (χ2v) is 7.68. The van der Waals surface area contributed by atoms with Crippen molar-refractivity contribution in [1.29, 1.82) is 0 Å². The Balaban J connectivity index is 1.64. The average molecular weight is 376 g/mol. The maximum Gasteiger partial charge on any atom is 0.231 e. The number of aromatic nitrogens is 1. The highest BCUT2D eigenvalue weighted by Crippen LogP contribution is 2.22. The highest BCUT2D eigenvalue weighted by molar-refractivity contribution is 7.92. The predicted molar refractivity (Wildman–Crippen MR) is 95.9 cm³/mol. The number of benzene rings is 2. The van der Waals surface area contributed by atoms with Crippen LogP contribution in [0.4, 0.5) is 10.1 Å². The minimum atomic E-state index is -3.30. The average Bonchev–Trinajstić information content (AvgIpc) is 3.08. The summed E-state index contributed by atoms with van der Waals surface area (Å²) in [6.45, 7) is 0.186. The lowest BCUT2D eigenvalue weighted by molar-refractivity contribution is 0.301. The van der Waals surface area contributed by atoms with Gasteiger partial charge in [0.15, 0.2) is 0 Å². The van der Waals surface area contributed by atoms with E-state index < -0.39 is 10.0 Å². The summed E-state index contributed by atoms with van der Waals surface area (Å²) in [6.07, 6.45) is 2.62. The molecule has 6 nitrogen and oxygen atoms in total. The number of halogens is 1. The molecule has 0 aliphatic heterocycles. The van der Waals surface area contributed by atoms with E-state index in [0.717, 1.165) is 6.26 Å². The molecule has 3 rings (SSSR count). The molecule has 0 spiro atoms. The molecule has 8 heteroatoms. The molecule has 0 N–H and O–H groups in total. The summed E-state index contributed by atoms with van der Waals surface area (Å²) in [7, 11) is -1.82. The molecule has 0 unspecified atom stereocenters. The van der Waals surface area contributed by atoms with Gasteiger partial charge in [-0.25, -0.2) is 17.8 Å². The molecular formula is C18H17FN2O4S. The Labute approximate surface area is 150 Å². The van der Waals surface area contributed by atoms with Crippen molar-refractivity contribution in [3.63, 3.8) is 0 Å². The summed E-state index contributed by atoms with van der Waals surface area (Å²) in [6, 6.07) is 12.5. The Bertz CT molecular complexity index is 983. The van der Waals surface area contributed by atoms with Crippen molar-refractivity contribution in [3.05, 3.63) is 66.3 Å². The van der Waals surface area contributed by atoms with Crippen LogP contribution in [-0.4, -0.2) is 26.7 Å². The molecule has 1 heterocycles. The zero-order valence-electron chi connectivity index (χ0n) is 14.2. The molecule has 2 aromatic carbocycles. The quantitative estimate of drug-likeness (QED) is 0.659. The first-order valence-electron chi connectivity index (χ1n) is 7.70. The molecule has 0 amide bonds. The minimum Gasteiger partial charge on any atom is -0.487 e. The summed E-state index contributed by atoms with van der Waals surface area (Å²) in [5.41, 5.74) is 1.80. The Hall–Kier alpha value is -2.87. The van der Waals surface area contributed by atoms with Gasteiger partial charge in [0.05, 0.1) is 11.9 Å². The Morgan fingerprint density at radius 2 is 1.77 bits per heavy atom. The number of sulfonamides is 1. The van der Waals surface area contributed by atoms with Gasteiger partial charge in [-0.3, -0.25) is 4.31 Å². The van der Waals surface area contributed by atoms with E-state index in [2.05, 4.69) is 4.98 Å². The van der Waals surface area contributed by atoms with E-state index >= 15 is 0 Å². The smallest absolute Gasteiger partial charge is 0.231 e. The molecule has 0 atom stereocenters. The van der Waals surface area contributed by atoms with Gasteiger partial charge >= 0.3 is 0 Å². The molecule has 26 heavy (non-hydrogen) atoms. The van der Waals surface area contributed by atoms with E-state index in [4.69, 9.17) is 9.15 Å². The van der Waals surface area contributed by atoms with E-state index in [-0.39, 0.29) is 12.4 Å². The van der Waals surface area contributed by atoms with Gasteiger partial charge in [-0.2, -0.15) is 0 Å². The van der Waals surface area contributed by atoms with Crippen LogP contribution in [0.5, 0.6) is 5.75 Å². The molecule has 0 saturated heterocycles. The van der Waals surface area contributed by atoms with E-state index in [1.807, 2.05) is 0 Å². The predicted octanol–water partition coefficient (Wildman–Crippen LogP) is 3.46. The molecule has 0 fully saturated rings. The molecule has 0 aliphatic rings. The Kier molecular flexibility index (Phi) is 4.94. The van der Waals surface area contributed by atoms with E-state index in [9.17, 15) is 12.8 Å². The third-order valence-electron chi connectivity index (χ3n) is 3.73. The van der Waals surface area contributed by atoms with Gasteiger partial charge in [-0.05, 0) is 48.5 Å². The first-order valence-corrected chi connectivity index (χ1v) is 9.55. The van der Waals surface area contributed by atoms with Crippen LogP contribution < -0.4 is 9.04 Å². The number of ether oxygens (including phenoxy) is 1. The van der Waals surface area contributed by atoms with Crippen LogP contribution in [0.1, 0.15) is 5.69 Å². The third-order valence-corrected chi connectivity index (χ3v) is 4.93. The number of anilines is 1. The zero-order chi connectivity index (χ0) is 18.7. The van der Waals surface area contributed by atoms with Crippen LogP contribution in [0.2, 0.25) is 0 Å². The fourth-order valence-electron chi connectivity index (χ4n) is 2.20. The first-order chi connectivity index (χ1) is 12.3. The summed E-state index contributed by atoms with van der Waals surface area (Å²) in [4.78, 5) is 4.30. The molecule has 136 valence electrons. The van der Waals surface area contributed by atoms with Gasteiger partial charge in [0.25, 0.3) is 0 Å². The van der Waals surface area contributed by atoms with Gasteiger partial charge in [0, 0.05) is 12.6 Å². The fourth-order valence-corrected chi connectivity index (χ4v) is 2.70. The lowest BCUT2D eigenvalue weighted by Crippen LogP contribution is -2.24. The normalized spacial score (nSPS) is 11.3. The molecule has 0 bridgehead atoms. The van der Waals surface area contributed by atoms with Gasteiger partial charge < -0.3 is 9.15 Å². The summed E-state index contributed by atoms with van der Waals surface area (Å²) in [5, 5.41) is 0. The van der Waals surface area contributed by atoms with Gasteiger partial charge in [-0.1, -0.05) is 0 Å². The van der Waals surface area contributed by atoms with Crippen molar-refractivity contribution < 1.29 is 22.0 Å². The third kappa shape index (κ3) is 4.20. The number of hydrogen-bond donors (Lipinski definition) is 0. The van der Waals surface area contributed by atoms with Crippen LogP contribution >= 0.6 is 0 Å². The van der Waals surface area contributed by atoms with Crippen LogP contribution in [0.3, 0.4) is 0 Å². The van der Waals surface area contributed by atoms with Crippen molar-refractivity contribution in [1.82, 2.24) is 4.98 Å². The zero-order valence-corrected chi connectivity index (χ0v) is 15.0. The van der Waals surface area contributed by atoms with Crippen molar-refractivity contribution in [2.24, 2.45) is 0 Å². The van der Waals surface area contributed by atoms with E-state index in [1.165, 1.54) is 29.7 Å².